The van der Waals surface area contributed by atoms with Gasteiger partial charge in [0, 0.05) is 12.1 Å². The second kappa shape index (κ2) is 15.6. The molecule has 284 valence electrons. The summed E-state index contributed by atoms with van der Waals surface area (Å²) in [7, 11) is 11.2. The number of benzene rings is 4. The van der Waals surface area contributed by atoms with Crippen LogP contribution in [0, 0.1) is 0 Å². The number of methoxy groups -OCH3 is 8. The third-order valence-corrected chi connectivity index (χ3v) is 8.43. The van der Waals surface area contributed by atoms with E-state index < -0.39 is 0 Å². The van der Waals surface area contributed by atoms with E-state index in [-0.39, 0.29) is 114 Å². The molecule has 0 aliphatic heterocycles. The first kappa shape index (κ1) is 38.1. The zero-order valence-electron chi connectivity index (χ0n) is 30.3. The Labute approximate surface area is 307 Å². The molecule has 54 heavy (non-hydrogen) atoms. The molecule has 0 saturated carbocycles. The van der Waals surface area contributed by atoms with Gasteiger partial charge in [0.1, 0.15) is 17.3 Å². The molecule has 2 heterocycles. The fraction of sp³-hybridized carbons (Fsp3) is 0.211. The van der Waals surface area contributed by atoms with Gasteiger partial charge in [-0.15, -0.1) is 0 Å². The van der Waals surface area contributed by atoms with Crippen LogP contribution in [0.3, 0.4) is 0 Å². The lowest BCUT2D eigenvalue weighted by Gasteiger charge is -2.12. The molecule has 2 aromatic heterocycles. The van der Waals surface area contributed by atoms with Crippen LogP contribution in [-0.4, -0.2) is 89.9 Å². The minimum absolute atomic E-state index is 0.0573. The van der Waals surface area contributed by atoms with Crippen LogP contribution in [0.4, 0.5) is 0 Å². The van der Waals surface area contributed by atoms with E-state index >= 15 is 0 Å². The Kier molecular flexibility index (Phi) is 11.1. The Morgan fingerprint density at radius 1 is 0.463 bits per heavy atom. The van der Waals surface area contributed by atoms with Crippen molar-refractivity contribution in [3.63, 3.8) is 0 Å². The molecule has 6 rings (SSSR count). The number of hydrogen-bond acceptors (Lipinski definition) is 16. The molecule has 0 radical (unpaired) electrons. The summed E-state index contributed by atoms with van der Waals surface area (Å²) in [5.74, 6) is 0.581. The molecule has 0 atom stereocenters. The van der Waals surface area contributed by atoms with Crippen LogP contribution in [0.5, 0.6) is 69.0 Å². The molecule has 4 N–H and O–H groups in total. The van der Waals surface area contributed by atoms with Gasteiger partial charge in [0.2, 0.25) is 17.2 Å². The Bertz CT molecular complexity index is 2310. The molecule has 0 bridgehead atoms. The van der Waals surface area contributed by atoms with Crippen molar-refractivity contribution in [1.82, 2.24) is 0 Å². The van der Waals surface area contributed by atoms with Crippen LogP contribution < -0.4 is 37.9 Å². The Morgan fingerprint density at radius 3 is 1.33 bits per heavy atom. The highest BCUT2D eigenvalue weighted by Crippen LogP contribution is 2.52. The van der Waals surface area contributed by atoms with Crippen LogP contribution in [0.1, 0.15) is 20.7 Å². The van der Waals surface area contributed by atoms with Crippen LogP contribution in [0.25, 0.3) is 44.6 Å². The van der Waals surface area contributed by atoms with Crippen molar-refractivity contribution in [2.45, 2.75) is 0 Å². The average molecular weight is 749 g/mol. The van der Waals surface area contributed by atoms with Gasteiger partial charge in [-0.2, -0.15) is 0 Å². The lowest BCUT2D eigenvalue weighted by Crippen LogP contribution is -1.93. The maximum Gasteiger partial charge on any atom is 0.204 e. The Hall–Kier alpha value is -7.10. The summed E-state index contributed by atoms with van der Waals surface area (Å²) in [5.41, 5.74) is 1.02. The molecule has 0 fully saturated rings. The number of rotatable bonds is 12. The maximum absolute atomic E-state index is 11.9. The first-order chi connectivity index (χ1) is 26.0. The molecule has 0 aliphatic rings. The molecular weight excluding hydrogens is 712 g/mol. The Balaban J connectivity index is 0.000000208. The number of ether oxygens (including phenoxy) is 8. The van der Waals surface area contributed by atoms with Crippen molar-refractivity contribution in [2.75, 3.05) is 56.9 Å². The number of carbonyl (C=O) groups excluding carboxylic acids is 2. The van der Waals surface area contributed by atoms with Gasteiger partial charge in [-0.1, -0.05) is 0 Å². The molecule has 16 heteroatoms. The van der Waals surface area contributed by atoms with Gasteiger partial charge in [-0.3, -0.25) is 9.59 Å². The smallest absolute Gasteiger partial charge is 0.204 e. The summed E-state index contributed by atoms with van der Waals surface area (Å²) < 4.78 is 53.3. The van der Waals surface area contributed by atoms with Gasteiger partial charge in [0.25, 0.3) is 0 Å². The van der Waals surface area contributed by atoms with Gasteiger partial charge in [-0.05, 0) is 24.3 Å². The summed E-state index contributed by atoms with van der Waals surface area (Å²) in [6, 6.07) is 8.93. The van der Waals surface area contributed by atoms with Crippen LogP contribution in [-0.2, 0) is 0 Å². The van der Waals surface area contributed by atoms with Gasteiger partial charge < -0.3 is 67.2 Å². The zero-order chi connectivity index (χ0) is 39.4. The summed E-state index contributed by atoms with van der Waals surface area (Å²) in [4.78, 5) is 23.7. The first-order valence-corrected chi connectivity index (χ1v) is 15.6. The molecule has 0 saturated heterocycles. The standard InChI is InChI=1S/2C19H18O8/c1-23-12-6-5-9(17(25-3)15(12)22)16-10(8-20)14-11(21)7-13(24-2)18(26-4)19(14)27-16;1-23-11-6-5-9(18(26-4)16(11)22)17-10(8-20)14-15(21)12(24-2)7-13(25-3)19(14)27-17/h2*5-8,21-22H,1-4H3. The summed E-state index contributed by atoms with van der Waals surface area (Å²) in [6.45, 7) is 0. The topological polar surface area (TPSA) is 215 Å². The van der Waals surface area contributed by atoms with Crippen molar-refractivity contribution in [2.24, 2.45) is 0 Å². The van der Waals surface area contributed by atoms with Crippen molar-refractivity contribution in [3.8, 4) is 91.6 Å². The maximum atomic E-state index is 11.9. The average Bonchev–Trinajstić information content (AvgIpc) is 3.78. The number of fused-ring (bicyclic) bond motifs is 2. The van der Waals surface area contributed by atoms with Crippen LogP contribution >= 0.6 is 0 Å². The number of aldehydes is 2. The van der Waals surface area contributed by atoms with Crippen molar-refractivity contribution >= 4 is 34.5 Å². The highest BCUT2D eigenvalue weighted by Gasteiger charge is 2.29. The number of aromatic hydroxyl groups is 4. The lowest BCUT2D eigenvalue weighted by molar-refractivity contribution is 0.111. The van der Waals surface area contributed by atoms with Crippen molar-refractivity contribution in [1.29, 1.82) is 0 Å². The van der Waals surface area contributed by atoms with E-state index in [4.69, 9.17) is 46.7 Å². The highest BCUT2D eigenvalue weighted by atomic mass is 16.5. The van der Waals surface area contributed by atoms with E-state index in [1.807, 2.05) is 0 Å². The first-order valence-electron chi connectivity index (χ1n) is 15.6. The molecule has 0 aliphatic carbocycles. The normalized spacial score (nSPS) is 10.7. The van der Waals surface area contributed by atoms with E-state index in [1.165, 1.54) is 81.1 Å². The molecule has 0 spiro atoms. The van der Waals surface area contributed by atoms with Gasteiger partial charge in [0.15, 0.2) is 69.7 Å². The predicted octanol–water partition coefficient (Wildman–Crippen LogP) is 6.72. The number of phenolic OH excluding ortho intramolecular Hbond substituents is 4. The van der Waals surface area contributed by atoms with E-state index in [1.54, 1.807) is 12.1 Å². The Morgan fingerprint density at radius 2 is 0.907 bits per heavy atom. The molecule has 4 aromatic carbocycles. The van der Waals surface area contributed by atoms with E-state index in [0.29, 0.717) is 23.7 Å². The number of phenols is 4. The van der Waals surface area contributed by atoms with Crippen LogP contribution in [0.2, 0.25) is 0 Å². The molecular formula is C38H36O16. The summed E-state index contributed by atoms with van der Waals surface area (Å²) in [5, 5.41) is 41.8. The van der Waals surface area contributed by atoms with Crippen molar-refractivity contribution in [3.05, 3.63) is 47.5 Å². The number of hydrogen-bond donors (Lipinski definition) is 4. The molecule has 16 nitrogen and oxygen atoms in total. The molecule has 6 aromatic rings. The van der Waals surface area contributed by atoms with Crippen molar-refractivity contribution < 1.29 is 76.7 Å². The lowest BCUT2D eigenvalue weighted by atomic mass is 10.0. The largest absolute Gasteiger partial charge is 0.507 e. The molecule has 0 unspecified atom stereocenters. The second-order valence-electron chi connectivity index (χ2n) is 11.0. The van der Waals surface area contributed by atoms with E-state index in [2.05, 4.69) is 0 Å². The fourth-order valence-corrected chi connectivity index (χ4v) is 5.94. The van der Waals surface area contributed by atoms with Crippen LogP contribution in [0.15, 0.2) is 45.2 Å². The van der Waals surface area contributed by atoms with Gasteiger partial charge in [0.05, 0.1) is 89.9 Å². The summed E-state index contributed by atoms with van der Waals surface area (Å²) >= 11 is 0. The third kappa shape index (κ3) is 6.12. The minimum atomic E-state index is -0.262. The van der Waals surface area contributed by atoms with Gasteiger partial charge >= 0.3 is 0 Å². The predicted molar refractivity (Wildman–Crippen MR) is 193 cm³/mol. The SMILES string of the molecule is COc1ccc(-c2oc3c(OC)c(OC)cc(O)c3c2C=O)c(OC)c1O.COc1ccc(-c2oc3c(OC)cc(OC)c(O)c3c2C=O)c(OC)c1O. The number of carbonyl (C=O) groups is 2. The van der Waals surface area contributed by atoms with Gasteiger partial charge in [-0.25, -0.2) is 0 Å². The molecule has 0 amide bonds. The quantitative estimate of drug-likeness (QED) is 0.0956. The second-order valence-corrected chi connectivity index (χ2v) is 11.0. The van der Waals surface area contributed by atoms with E-state index in [0.717, 1.165) is 0 Å². The summed E-state index contributed by atoms with van der Waals surface area (Å²) in [6.07, 6.45) is 1.09. The highest BCUT2D eigenvalue weighted by molar-refractivity contribution is 6.10. The minimum Gasteiger partial charge on any atom is -0.507 e. The fourth-order valence-electron chi connectivity index (χ4n) is 5.94. The zero-order valence-corrected chi connectivity index (χ0v) is 30.3. The third-order valence-electron chi connectivity index (χ3n) is 8.43. The number of furan rings is 2. The monoisotopic (exact) mass is 748 g/mol. The van der Waals surface area contributed by atoms with E-state index in [9.17, 15) is 30.0 Å².